The number of hydrogen-bond donors (Lipinski definition) is 1. The Bertz CT molecular complexity index is 535. The summed E-state index contributed by atoms with van der Waals surface area (Å²) in [5, 5.41) is 9.04. The molecule has 90 valence electrons. The Morgan fingerprint density at radius 1 is 1.53 bits per heavy atom. The van der Waals surface area contributed by atoms with E-state index < -0.39 is 17.4 Å². The van der Waals surface area contributed by atoms with Gasteiger partial charge in [0.05, 0.1) is 4.47 Å². The lowest BCUT2D eigenvalue weighted by Crippen LogP contribution is -2.29. The van der Waals surface area contributed by atoms with Crippen LogP contribution in [-0.2, 0) is 0 Å². The highest BCUT2D eigenvalue weighted by molar-refractivity contribution is 9.10. The van der Waals surface area contributed by atoms with Gasteiger partial charge in [0.2, 0.25) is 0 Å². The Balaban J connectivity index is 2.72. The van der Waals surface area contributed by atoms with Gasteiger partial charge in [-0.25, -0.2) is 9.18 Å². The Kier molecular flexibility index (Phi) is 2.73. The Labute approximate surface area is 106 Å². The lowest BCUT2D eigenvalue weighted by Gasteiger charge is -2.29. The molecule has 0 amide bonds. The van der Waals surface area contributed by atoms with Crippen LogP contribution in [0.4, 0.5) is 4.39 Å². The maximum Gasteiger partial charge on any atom is 0.339 e. The molecule has 17 heavy (non-hydrogen) atoms. The van der Waals surface area contributed by atoms with Crippen LogP contribution in [0.5, 0.6) is 5.75 Å². The van der Waals surface area contributed by atoms with Gasteiger partial charge in [0.25, 0.3) is 0 Å². The number of carbonyl (C=O) groups is 1. The minimum Gasteiger partial charge on any atom is -0.482 e. The molecule has 2 rings (SSSR count). The number of halogens is 2. The van der Waals surface area contributed by atoms with Crippen molar-refractivity contribution >= 4 is 28.0 Å². The molecule has 1 aromatic rings. The number of rotatable bonds is 1. The first kappa shape index (κ1) is 12.1. The number of hydrogen-bond acceptors (Lipinski definition) is 2. The van der Waals surface area contributed by atoms with Crippen LogP contribution in [0.1, 0.15) is 29.8 Å². The number of aromatic carboxylic acids is 1. The van der Waals surface area contributed by atoms with Gasteiger partial charge in [-0.1, -0.05) is 6.08 Å². The fourth-order valence-corrected chi connectivity index (χ4v) is 2.05. The van der Waals surface area contributed by atoms with Crippen molar-refractivity contribution in [2.24, 2.45) is 0 Å². The van der Waals surface area contributed by atoms with E-state index in [9.17, 15) is 9.18 Å². The SMILES string of the molecule is CC1(C)C=Cc2c(Br)c(F)cc(C(=O)O)c2O1. The summed E-state index contributed by atoms with van der Waals surface area (Å²) in [4.78, 5) is 11.1. The van der Waals surface area contributed by atoms with Crippen molar-refractivity contribution < 1.29 is 19.0 Å². The molecule has 0 aromatic heterocycles. The third-order valence-corrected chi connectivity index (χ3v) is 3.26. The molecule has 0 unspecified atom stereocenters. The Morgan fingerprint density at radius 2 is 2.18 bits per heavy atom. The summed E-state index contributed by atoms with van der Waals surface area (Å²) >= 11 is 3.09. The van der Waals surface area contributed by atoms with Gasteiger partial charge in [0.15, 0.2) is 0 Å². The van der Waals surface area contributed by atoms with Crippen molar-refractivity contribution in [1.29, 1.82) is 0 Å². The quantitative estimate of drug-likeness (QED) is 0.864. The van der Waals surface area contributed by atoms with Gasteiger partial charge in [-0.2, -0.15) is 0 Å². The Morgan fingerprint density at radius 3 is 2.76 bits per heavy atom. The van der Waals surface area contributed by atoms with E-state index in [0.717, 1.165) is 6.07 Å². The maximum absolute atomic E-state index is 13.5. The van der Waals surface area contributed by atoms with E-state index in [-0.39, 0.29) is 15.8 Å². The average Bonchev–Trinajstić information content (AvgIpc) is 2.21. The van der Waals surface area contributed by atoms with E-state index in [4.69, 9.17) is 9.84 Å². The fourth-order valence-electron chi connectivity index (χ4n) is 1.63. The van der Waals surface area contributed by atoms with Crippen LogP contribution >= 0.6 is 15.9 Å². The molecule has 0 atom stereocenters. The number of benzene rings is 1. The number of carboxylic acids is 1. The number of ether oxygens (including phenoxy) is 1. The van der Waals surface area contributed by atoms with Crippen LogP contribution in [0.25, 0.3) is 6.08 Å². The molecular weight excluding hydrogens is 291 g/mol. The minimum absolute atomic E-state index is 0.168. The van der Waals surface area contributed by atoms with E-state index in [2.05, 4.69) is 15.9 Å². The highest BCUT2D eigenvalue weighted by Gasteiger charge is 2.29. The van der Waals surface area contributed by atoms with Crippen LogP contribution in [0.2, 0.25) is 0 Å². The van der Waals surface area contributed by atoms with Gasteiger partial charge >= 0.3 is 5.97 Å². The van der Waals surface area contributed by atoms with E-state index in [1.165, 1.54) is 0 Å². The summed E-state index contributed by atoms with van der Waals surface area (Å²) < 4.78 is 19.3. The van der Waals surface area contributed by atoms with E-state index in [1.807, 2.05) is 0 Å². The van der Waals surface area contributed by atoms with Crippen molar-refractivity contribution in [3.63, 3.8) is 0 Å². The number of fused-ring (bicyclic) bond motifs is 1. The molecule has 1 aromatic carbocycles. The van der Waals surface area contributed by atoms with Gasteiger partial charge in [0.1, 0.15) is 22.7 Å². The molecule has 5 heteroatoms. The zero-order chi connectivity index (χ0) is 12.8. The van der Waals surface area contributed by atoms with E-state index in [0.29, 0.717) is 5.56 Å². The molecule has 1 N–H and O–H groups in total. The second-order valence-corrected chi connectivity index (χ2v) is 5.10. The molecule has 0 spiro atoms. The third kappa shape index (κ3) is 2.07. The second kappa shape index (κ2) is 3.84. The van der Waals surface area contributed by atoms with Gasteiger partial charge in [-0.15, -0.1) is 0 Å². The monoisotopic (exact) mass is 300 g/mol. The van der Waals surface area contributed by atoms with Gasteiger partial charge in [0, 0.05) is 5.56 Å². The van der Waals surface area contributed by atoms with Crippen LogP contribution in [0.3, 0.4) is 0 Å². The molecule has 0 saturated carbocycles. The van der Waals surface area contributed by atoms with Crippen molar-refractivity contribution in [3.8, 4) is 5.75 Å². The standard InChI is InChI=1S/C12H10BrFO3/c1-12(2)4-3-6-9(13)8(14)5-7(11(15)16)10(6)17-12/h3-5H,1-2H3,(H,15,16). The summed E-state index contributed by atoms with van der Waals surface area (Å²) in [6.07, 6.45) is 3.42. The highest BCUT2D eigenvalue weighted by Crippen LogP contribution is 2.39. The van der Waals surface area contributed by atoms with Crippen molar-refractivity contribution in [2.45, 2.75) is 19.4 Å². The van der Waals surface area contributed by atoms with Crippen molar-refractivity contribution in [1.82, 2.24) is 0 Å². The van der Waals surface area contributed by atoms with Gasteiger partial charge < -0.3 is 9.84 Å². The van der Waals surface area contributed by atoms with Crippen LogP contribution < -0.4 is 4.74 Å². The molecule has 1 aliphatic heterocycles. The topological polar surface area (TPSA) is 46.5 Å². The average molecular weight is 301 g/mol. The molecule has 0 aliphatic carbocycles. The van der Waals surface area contributed by atoms with E-state index >= 15 is 0 Å². The summed E-state index contributed by atoms with van der Waals surface area (Å²) in [5.41, 5.74) is -0.353. The smallest absolute Gasteiger partial charge is 0.339 e. The predicted molar refractivity (Wildman–Crippen MR) is 64.8 cm³/mol. The van der Waals surface area contributed by atoms with Crippen molar-refractivity contribution in [2.75, 3.05) is 0 Å². The predicted octanol–water partition coefficient (Wildman–Crippen LogP) is 3.47. The summed E-state index contributed by atoms with van der Waals surface area (Å²) in [6, 6.07) is 0.959. The molecule has 0 fully saturated rings. The lowest BCUT2D eigenvalue weighted by molar-refractivity contribution is 0.0684. The summed E-state index contributed by atoms with van der Waals surface area (Å²) in [5.74, 6) is -1.63. The van der Waals surface area contributed by atoms with Crippen LogP contribution in [0, 0.1) is 5.82 Å². The maximum atomic E-state index is 13.5. The Hall–Kier alpha value is -1.36. The molecule has 0 bridgehead atoms. The first-order valence-electron chi connectivity index (χ1n) is 4.95. The van der Waals surface area contributed by atoms with Crippen molar-refractivity contribution in [3.05, 3.63) is 33.6 Å². The summed E-state index contributed by atoms with van der Waals surface area (Å²) in [7, 11) is 0. The molecular formula is C12H10BrFO3. The van der Waals surface area contributed by atoms with E-state index in [1.54, 1.807) is 26.0 Å². The van der Waals surface area contributed by atoms with Gasteiger partial charge in [-0.3, -0.25) is 0 Å². The minimum atomic E-state index is -1.21. The zero-order valence-corrected chi connectivity index (χ0v) is 10.8. The molecule has 1 heterocycles. The molecule has 3 nitrogen and oxygen atoms in total. The fraction of sp³-hybridized carbons (Fsp3) is 0.250. The lowest BCUT2D eigenvalue weighted by atomic mass is 9.99. The van der Waals surface area contributed by atoms with Gasteiger partial charge in [-0.05, 0) is 41.9 Å². The first-order chi connectivity index (χ1) is 7.82. The largest absolute Gasteiger partial charge is 0.482 e. The molecule has 0 radical (unpaired) electrons. The first-order valence-corrected chi connectivity index (χ1v) is 5.74. The zero-order valence-electron chi connectivity index (χ0n) is 9.25. The normalized spacial score (nSPS) is 16.2. The number of carboxylic acid groups (broad SMARTS) is 1. The van der Waals surface area contributed by atoms with Crippen LogP contribution in [0.15, 0.2) is 16.6 Å². The second-order valence-electron chi connectivity index (χ2n) is 4.31. The third-order valence-electron chi connectivity index (χ3n) is 2.45. The highest BCUT2D eigenvalue weighted by atomic mass is 79.9. The summed E-state index contributed by atoms with van der Waals surface area (Å²) in [6.45, 7) is 3.60. The van der Waals surface area contributed by atoms with Crippen LogP contribution in [-0.4, -0.2) is 16.7 Å². The molecule has 1 aliphatic rings. The molecule has 0 saturated heterocycles.